The standard InChI is InChI=1S/C11H10F2O3/c12-9-6-4-8(5-7-9)10(14)2-1-3-11(15)16-13/h4-7H,1-3H2. The van der Waals surface area contributed by atoms with Crippen LogP contribution in [-0.4, -0.2) is 11.8 Å². The Kier molecular flexibility index (Phi) is 4.57. The maximum absolute atomic E-state index is 12.5. The zero-order valence-electron chi connectivity index (χ0n) is 8.41. The molecule has 86 valence electrons. The van der Waals surface area contributed by atoms with Crippen molar-refractivity contribution in [3.63, 3.8) is 0 Å². The summed E-state index contributed by atoms with van der Waals surface area (Å²) in [5.41, 5.74) is 0.370. The van der Waals surface area contributed by atoms with Crippen LogP contribution in [0.15, 0.2) is 24.3 Å². The number of benzene rings is 1. The summed E-state index contributed by atoms with van der Waals surface area (Å²) < 4.78 is 23.8. The Labute approximate surface area is 90.9 Å². The second-order valence-electron chi connectivity index (χ2n) is 3.23. The summed E-state index contributed by atoms with van der Waals surface area (Å²) in [6, 6.07) is 5.10. The van der Waals surface area contributed by atoms with Gasteiger partial charge in [0.05, 0.1) is 0 Å². The lowest BCUT2D eigenvalue weighted by Gasteiger charge is -1.99. The molecule has 0 spiro atoms. The van der Waals surface area contributed by atoms with Gasteiger partial charge in [-0.1, -0.05) is 0 Å². The van der Waals surface area contributed by atoms with Crippen molar-refractivity contribution in [2.45, 2.75) is 19.3 Å². The fraction of sp³-hybridized carbons (Fsp3) is 0.273. The first-order valence-electron chi connectivity index (χ1n) is 4.73. The van der Waals surface area contributed by atoms with E-state index >= 15 is 0 Å². The van der Waals surface area contributed by atoms with Crippen LogP contribution in [0.25, 0.3) is 0 Å². The topological polar surface area (TPSA) is 43.4 Å². The van der Waals surface area contributed by atoms with E-state index in [1.165, 1.54) is 24.3 Å². The minimum atomic E-state index is -0.994. The number of hydrogen-bond acceptors (Lipinski definition) is 3. The fourth-order valence-corrected chi connectivity index (χ4v) is 1.21. The largest absolute Gasteiger partial charge is 0.348 e. The number of Topliss-reactive ketones (excluding diaryl/α,β-unsaturated/α-hetero) is 1. The molecule has 0 bridgehead atoms. The van der Waals surface area contributed by atoms with Gasteiger partial charge in [-0.15, -0.1) is 0 Å². The van der Waals surface area contributed by atoms with Gasteiger partial charge in [-0.2, -0.15) is 0 Å². The van der Waals surface area contributed by atoms with Crippen molar-refractivity contribution >= 4 is 11.8 Å². The highest BCUT2D eigenvalue weighted by Crippen LogP contribution is 2.08. The molecule has 16 heavy (non-hydrogen) atoms. The lowest BCUT2D eigenvalue weighted by Crippen LogP contribution is -2.02. The van der Waals surface area contributed by atoms with E-state index < -0.39 is 11.8 Å². The van der Waals surface area contributed by atoms with Crippen molar-refractivity contribution in [3.8, 4) is 0 Å². The molecule has 0 aliphatic heterocycles. The molecule has 0 atom stereocenters. The molecule has 0 aliphatic carbocycles. The first-order chi connectivity index (χ1) is 7.63. The molecule has 0 unspecified atom stereocenters. The van der Waals surface area contributed by atoms with Crippen LogP contribution in [0.4, 0.5) is 8.92 Å². The second-order valence-corrected chi connectivity index (χ2v) is 3.23. The van der Waals surface area contributed by atoms with Crippen LogP contribution in [0.5, 0.6) is 0 Å². The normalized spacial score (nSPS) is 9.88. The first-order valence-corrected chi connectivity index (χ1v) is 4.73. The van der Waals surface area contributed by atoms with Gasteiger partial charge in [0.25, 0.3) is 0 Å². The summed E-state index contributed by atoms with van der Waals surface area (Å²) in [6.07, 6.45) is 0.156. The van der Waals surface area contributed by atoms with Crippen LogP contribution in [0, 0.1) is 5.82 Å². The molecule has 0 radical (unpaired) electrons. The average Bonchev–Trinajstić information content (AvgIpc) is 2.29. The van der Waals surface area contributed by atoms with Gasteiger partial charge in [-0.05, 0) is 30.7 Å². The third-order valence-electron chi connectivity index (χ3n) is 2.04. The maximum atomic E-state index is 12.5. The highest BCUT2D eigenvalue weighted by molar-refractivity contribution is 5.96. The predicted octanol–water partition coefficient (Wildman–Crippen LogP) is 2.61. The van der Waals surface area contributed by atoms with E-state index in [1.807, 2.05) is 0 Å². The van der Waals surface area contributed by atoms with Gasteiger partial charge in [-0.3, -0.25) is 9.74 Å². The van der Waals surface area contributed by atoms with Crippen molar-refractivity contribution in [3.05, 3.63) is 35.6 Å². The van der Waals surface area contributed by atoms with Gasteiger partial charge in [0.2, 0.25) is 0 Å². The van der Waals surface area contributed by atoms with Crippen molar-refractivity contribution < 1.29 is 23.4 Å². The molecule has 5 heteroatoms. The van der Waals surface area contributed by atoms with Gasteiger partial charge in [0, 0.05) is 22.9 Å². The summed E-state index contributed by atoms with van der Waals surface area (Å²) in [7, 11) is 0. The smallest absolute Gasteiger partial charge is 0.294 e. The fourth-order valence-electron chi connectivity index (χ4n) is 1.21. The van der Waals surface area contributed by atoms with E-state index in [1.54, 1.807) is 0 Å². The van der Waals surface area contributed by atoms with Crippen molar-refractivity contribution in [1.29, 1.82) is 0 Å². The van der Waals surface area contributed by atoms with E-state index in [9.17, 15) is 18.5 Å². The third-order valence-corrected chi connectivity index (χ3v) is 2.04. The van der Waals surface area contributed by atoms with Gasteiger partial charge in [0.15, 0.2) is 5.78 Å². The SMILES string of the molecule is O=C(CCCC(=O)c1ccc(F)cc1)OF. The highest BCUT2D eigenvalue weighted by Gasteiger charge is 2.08. The van der Waals surface area contributed by atoms with E-state index in [2.05, 4.69) is 4.94 Å². The molecule has 1 aromatic rings. The number of rotatable bonds is 5. The molecule has 0 saturated carbocycles. The molecule has 1 aromatic carbocycles. The molecular weight excluding hydrogens is 218 g/mol. The van der Waals surface area contributed by atoms with Crippen LogP contribution in [0.1, 0.15) is 29.6 Å². The van der Waals surface area contributed by atoms with Crippen LogP contribution in [0.3, 0.4) is 0 Å². The van der Waals surface area contributed by atoms with E-state index in [0.29, 0.717) is 5.56 Å². The lowest BCUT2D eigenvalue weighted by molar-refractivity contribution is -0.183. The van der Waals surface area contributed by atoms with E-state index in [4.69, 9.17) is 0 Å². The van der Waals surface area contributed by atoms with E-state index in [-0.39, 0.29) is 25.0 Å². The Balaban J connectivity index is 2.41. The van der Waals surface area contributed by atoms with Crippen molar-refractivity contribution in [2.24, 2.45) is 0 Å². The van der Waals surface area contributed by atoms with Crippen LogP contribution in [0.2, 0.25) is 0 Å². The average molecular weight is 228 g/mol. The molecule has 0 saturated heterocycles. The second kappa shape index (κ2) is 5.95. The molecule has 1 rings (SSSR count). The first kappa shape index (κ1) is 12.3. The molecular formula is C11H10F2O3. The van der Waals surface area contributed by atoms with Crippen molar-refractivity contribution in [1.82, 2.24) is 0 Å². The Morgan fingerprint density at radius 2 is 1.75 bits per heavy atom. The molecule has 0 aromatic heterocycles. The van der Waals surface area contributed by atoms with Crippen LogP contribution >= 0.6 is 0 Å². The summed E-state index contributed by atoms with van der Waals surface area (Å²) in [4.78, 5) is 24.8. The molecule has 0 heterocycles. The Morgan fingerprint density at radius 1 is 1.12 bits per heavy atom. The summed E-state index contributed by atoms with van der Waals surface area (Å²) in [6.45, 7) is 0. The number of ketones is 1. The van der Waals surface area contributed by atoms with Gasteiger partial charge >= 0.3 is 5.97 Å². The monoisotopic (exact) mass is 228 g/mol. The zero-order valence-corrected chi connectivity index (χ0v) is 8.41. The lowest BCUT2D eigenvalue weighted by atomic mass is 10.1. The predicted molar refractivity (Wildman–Crippen MR) is 51.8 cm³/mol. The summed E-state index contributed by atoms with van der Waals surface area (Å²) in [5, 5.41) is 0. The van der Waals surface area contributed by atoms with Crippen molar-refractivity contribution in [2.75, 3.05) is 0 Å². The Bertz CT molecular complexity index is 373. The quantitative estimate of drug-likeness (QED) is 0.727. The van der Waals surface area contributed by atoms with Crippen LogP contribution < -0.4 is 0 Å². The Hall–Kier alpha value is -1.78. The summed E-state index contributed by atoms with van der Waals surface area (Å²) >= 11 is 0. The minimum Gasteiger partial charge on any atom is -0.294 e. The molecule has 3 nitrogen and oxygen atoms in total. The molecule has 0 fully saturated rings. The number of halogens is 2. The zero-order chi connectivity index (χ0) is 12.0. The van der Waals surface area contributed by atoms with Gasteiger partial charge < -0.3 is 0 Å². The summed E-state index contributed by atoms with van der Waals surface area (Å²) in [5.74, 6) is -1.63. The number of hydrogen-bond donors (Lipinski definition) is 0. The maximum Gasteiger partial charge on any atom is 0.348 e. The number of carbonyl (C=O) groups excluding carboxylic acids is 2. The minimum absolute atomic E-state index is 0.0979. The van der Waals surface area contributed by atoms with Gasteiger partial charge in [-0.25, -0.2) is 9.18 Å². The molecule has 0 amide bonds. The third kappa shape index (κ3) is 3.76. The highest BCUT2D eigenvalue weighted by atomic mass is 19.3. The number of carbonyl (C=O) groups is 2. The van der Waals surface area contributed by atoms with Gasteiger partial charge in [0.1, 0.15) is 5.82 Å². The van der Waals surface area contributed by atoms with E-state index in [0.717, 1.165) is 0 Å². The van der Waals surface area contributed by atoms with Crippen LogP contribution in [-0.2, 0) is 9.74 Å². The molecule has 0 N–H and O–H groups in total. The molecule has 0 aliphatic rings. The Morgan fingerprint density at radius 3 is 2.31 bits per heavy atom.